The number of amides is 1. The molecule has 17 heavy (non-hydrogen) atoms. The summed E-state index contributed by atoms with van der Waals surface area (Å²) in [5.74, 6) is 0.531. The van der Waals surface area contributed by atoms with E-state index in [1.165, 1.54) is 0 Å². The summed E-state index contributed by atoms with van der Waals surface area (Å²) in [5.41, 5.74) is 1.65. The molecule has 1 amide bonds. The molecule has 0 aromatic heterocycles. The summed E-state index contributed by atoms with van der Waals surface area (Å²) in [5, 5.41) is 2.87. The van der Waals surface area contributed by atoms with Crippen molar-refractivity contribution in [3.05, 3.63) is 22.2 Å². The number of anilines is 1. The van der Waals surface area contributed by atoms with Crippen LogP contribution in [0.1, 0.15) is 19.4 Å². The van der Waals surface area contributed by atoms with Gasteiger partial charge in [0.15, 0.2) is 0 Å². The van der Waals surface area contributed by atoms with Gasteiger partial charge in [0.25, 0.3) is 0 Å². The maximum absolute atomic E-state index is 11.9. The van der Waals surface area contributed by atoms with Crippen LogP contribution >= 0.6 is 31.9 Å². The summed E-state index contributed by atoms with van der Waals surface area (Å²) in [6, 6.07) is 3.75. The standard InChI is InChI=1S/C12H15Br2NO2/c1-7-5-8(13)6-9(17-4)10(7)15-11(16)12(2,3)14/h5-6H,1-4H3,(H,15,16). The molecule has 0 heterocycles. The lowest BCUT2D eigenvalue weighted by atomic mass is 10.1. The van der Waals surface area contributed by atoms with Gasteiger partial charge in [0.1, 0.15) is 5.75 Å². The Balaban J connectivity index is 3.10. The Morgan fingerprint density at radius 2 is 2.00 bits per heavy atom. The van der Waals surface area contributed by atoms with E-state index >= 15 is 0 Å². The first kappa shape index (κ1) is 14.5. The maximum Gasteiger partial charge on any atom is 0.240 e. The van der Waals surface area contributed by atoms with Crippen molar-refractivity contribution in [3.63, 3.8) is 0 Å². The van der Waals surface area contributed by atoms with Gasteiger partial charge in [-0.05, 0) is 38.5 Å². The van der Waals surface area contributed by atoms with E-state index in [1.54, 1.807) is 21.0 Å². The van der Waals surface area contributed by atoms with Crippen molar-refractivity contribution in [2.75, 3.05) is 12.4 Å². The van der Waals surface area contributed by atoms with Crippen molar-refractivity contribution < 1.29 is 9.53 Å². The van der Waals surface area contributed by atoms with E-state index in [0.717, 1.165) is 10.0 Å². The number of alkyl halides is 1. The predicted octanol–water partition coefficient (Wildman–Crippen LogP) is 3.88. The molecule has 0 aliphatic rings. The summed E-state index contributed by atoms with van der Waals surface area (Å²) in [6.45, 7) is 5.51. The molecule has 0 fully saturated rings. The molecule has 5 heteroatoms. The van der Waals surface area contributed by atoms with Crippen molar-refractivity contribution in [1.82, 2.24) is 0 Å². The molecule has 0 saturated carbocycles. The molecule has 3 nitrogen and oxygen atoms in total. The molecule has 1 rings (SSSR count). The van der Waals surface area contributed by atoms with Gasteiger partial charge in [-0.1, -0.05) is 31.9 Å². The first-order valence-corrected chi connectivity index (χ1v) is 6.69. The molecule has 1 N–H and O–H groups in total. The summed E-state index contributed by atoms with van der Waals surface area (Å²) in [4.78, 5) is 11.9. The van der Waals surface area contributed by atoms with Crippen LogP contribution in [0.25, 0.3) is 0 Å². The first-order valence-electron chi connectivity index (χ1n) is 5.10. The minimum absolute atomic E-state index is 0.110. The Bertz CT molecular complexity index is 439. The van der Waals surface area contributed by atoms with Crippen LogP contribution in [-0.2, 0) is 4.79 Å². The molecule has 0 spiro atoms. The Morgan fingerprint density at radius 1 is 1.41 bits per heavy atom. The van der Waals surface area contributed by atoms with Gasteiger partial charge in [-0.3, -0.25) is 4.79 Å². The van der Waals surface area contributed by atoms with Gasteiger partial charge in [0.2, 0.25) is 5.91 Å². The Kier molecular flexibility index (Phi) is 4.61. The molecule has 94 valence electrons. The molecule has 0 bridgehead atoms. The van der Waals surface area contributed by atoms with Crippen LogP contribution in [0.4, 0.5) is 5.69 Å². The molecule has 1 aromatic rings. The third kappa shape index (κ3) is 3.71. The van der Waals surface area contributed by atoms with Crippen molar-refractivity contribution in [2.45, 2.75) is 25.1 Å². The molecular weight excluding hydrogens is 350 g/mol. The van der Waals surface area contributed by atoms with Gasteiger partial charge in [0, 0.05) is 4.47 Å². The van der Waals surface area contributed by atoms with Crippen molar-refractivity contribution >= 4 is 43.5 Å². The van der Waals surface area contributed by atoms with Gasteiger partial charge in [-0.2, -0.15) is 0 Å². The minimum Gasteiger partial charge on any atom is -0.495 e. The molecule has 0 atom stereocenters. The number of carbonyl (C=O) groups is 1. The second-order valence-corrected chi connectivity index (χ2v) is 7.12. The van der Waals surface area contributed by atoms with Crippen molar-refractivity contribution in [2.24, 2.45) is 0 Å². The Hall–Kier alpha value is -0.550. The number of hydrogen-bond donors (Lipinski definition) is 1. The molecule has 0 unspecified atom stereocenters. The van der Waals surface area contributed by atoms with Crippen LogP contribution in [0.15, 0.2) is 16.6 Å². The number of ether oxygens (including phenoxy) is 1. The monoisotopic (exact) mass is 363 g/mol. The average molecular weight is 365 g/mol. The summed E-state index contributed by atoms with van der Waals surface area (Å²) in [7, 11) is 1.58. The molecule has 0 radical (unpaired) electrons. The SMILES string of the molecule is COc1cc(Br)cc(C)c1NC(=O)C(C)(C)Br. The number of aryl methyl sites for hydroxylation is 1. The van der Waals surface area contributed by atoms with Gasteiger partial charge in [-0.25, -0.2) is 0 Å². The van der Waals surface area contributed by atoms with Crippen LogP contribution in [0.5, 0.6) is 5.75 Å². The van der Waals surface area contributed by atoms with Crippen LogP contribution in [0, 0.1) is 6.92 Å². The highest BCUT2D eigenvalue weighted by Crippen LogP contribution is 2.33. The lowest BCUT2D eigenvalue weighted by Crippen LogP contribution is -2.31. The van der Waals surface area contributed by atoms with Crippen molar-refractivity contribution in [3.8, 4) is 5.75 Å². The highest BCUT2D eigenvalue weighted by atomic mass is 79.9. The zero-order valence-electron chi connectivity index (χ0n) is 10.2. The maximum atomic E-state index is 11.9. The smallest absolute Gasteiger partial charge is 0.240 e. The van der Waals surface area contributed by atoms with E-state index < -0.39 is 4.32 Å². The van der Waals surface area contributed by atoms with E-state index in [4.69, 9.17) is 4.74 Å². The molecule has 0 saturated heterocycles. The van der Waals surface area contributed by atoms with E-state index in [-0.39, 0.29) is 5.91 Å². The summed E-state index contributed by atoms with van der Waals surface area (Å²) < 4.78 is 5.57. The topological polar surface area (TPSA) is 38.3 Å². The van der Waals surface area contributed by atoms with Crippen LogP contribution in [0.2, 0.25) is 0 Å². The average Bonchev–Trinajstić information content (AvgIpc) is 2.19. The first-order chi connectivity index (χ1) is 7.75. The fourth-order valence-electron chi connectivity index (χ4n) is 1.30. The zero-order valence-corrected chi connectivity index (χ0v) is 13.4. The molecular formula is C12H15Br2NO2. The highest BCUT2D eigenvalue weighted by Gasteiger charge is 2.25. The van der Waals surface area contributed by atoms with Crippen LogP contribution in [0.3, 0.4) is 0 Å². The summed E-state index contributed by atoms with van der Waals surface area (Å²) in [6.07, 6.45) is 0. The van der Waals surface area contributed by atoms with Gasteiger partial charge < -0.3 is 10.1 Å². The lowest BCUT2D eigenvalue weighted by Gasteiger charge is -2.19. The third-order valence-electron chi connectivity index (χ3n) is 2.26. The second-order valence-electron chi connectivity index (χ2n) is 4.23. The van der Waals surface area contributed by atoms with Gasteiger partial charge >= 0.3 is 0 Å². The molecule has 1 aromatic carbocycles. The van der Waals surface area contributed by atoms with E-state index in [9.17, 15) is 4.79 Å². The van der Waals surface area contributed by atoms with Crippen molar-refractivity contribution in [1.29, 1.82) is 0 Å². The number of carbonyl (C=O) groups excluding carboxylic acids is 1. The fraction of sp³-hybridized carbons (Fsp3) is 0.417. The Labute approximate surface area is 118 Å². The van der Waals surface area contributed by atoms with E-state index in [2.05, 4.69) is 37.2 Å². The predicted molar refractivity (Wildman–Crippen MR) is 77.1 cm³/mol. The van der Waals surface area contributed by atoms with Gasteiger partial charge in [0.05, 0.1) is 17.1 Å². The number of nitrogens with one attached hydrogen (secondary N) is 1. The number of rotatable bonds is 3. The van der Waals surface area contributed by atoms with E-state index in [1.807, 2.05) is 19.1 Å². The largest absolute Gasteiger partial charge is 0.495 e. The highest BCUT2D eigenvalue weighted by molar-refractivity contribution is 9.10. The number of methoxy groups -OCH3 is 1. The fourth-order valence-corrected chi connectivity index (χ4v) is 1.95. The summed E-state index contributed by atoms with van der Waals surface area (Å²) >= 11 is 6.72. The number of hydrogen-bond acceptors (Lipinski definition) is 2. The minimum atomic E-state index is -0.614. The van der Waals surface area contributed by atoms with Crippen LogP contribution in [-0.4, -0.2) is 17.3 Å². The van der Waals surface area contributed by atoms with E-state index in [0.29, 0.717) is 11.4 Å². The van der Waals surface area contributed by atoms with Gasteiger partial charge in [-0.15, -0.1) is 0 Å². The lowest BCUT2D eigenvalue weighted by molar-refractivity contribution is -0.117. The normalized spacial score (nSPS) is 11.2. The quantitative estimate of drug-likeness (QED) is 0.826. The third-order valence-corrected chi connectivity index (χ3v) is 3.08. The molecule has 0 aliphatic carbocycles. The zero-order chi connectivity index (χ0) is 13.2. The van der Waals surface area contributed by atoms with Crippen LogP contribution < -0.4 is 10.1 Å². The second kappa shape index (κ2) is 5.40. The number of benzene rings is 1. The number of halogens is 2. The molecule has 0 aliphatic heterocycles. The Morgan fingerprint density at radius 3 is 2.47 bits per heavy atom.